The minimum absolute atomic E-state index is 0.343. The van der Waals surface area contributed by atoms with E-state index in [1.54, 1.807) is 12.1 Å². The number of anilines is 1. The van der Waals surface area contributed by atoms with Crippen LogP contribution in [0.2, 0.25) is 0 Å². The molecule has 0 radical (unpaired) electrons. The minimum Gasteiger partial charge on any atom is -0.493 e. The topological polar surface area (TPSA) is 58.8 Å². The molecule has 4 rings (SSSR count). The van der Waals surface area contributed by atoms with Crippen LogP contribution < -0.4 is 15.3 Å². The normalized spacial score (nSPS) is 15.1. The summed E-state index contributed by atoms with van der Waals surface area (Å²) in [6, 6.07) is 13.0. The van der Waals surface area contributed by atoms with Gasteiger partial charge in [0.25, 0.3) is 0 Å². The van der Waals surface area contributed by atoms with Crippen molar-refractivity contribution in [3.05, 3.63) is 64.6 Å². The van der Waals surface area contributed by atoms with Gasteiger partial charge >= 0.3 is 5.63 Å². The van der Waals surface area contributed by atoms with Crippen molar-refractivity contribution in [3.63, 3.8) is 0 Å². The minimum atomic E-state index is -0.343. The molecule has 1 aromatic carbocycles. The Labute approximate surface area is 164 Å². The number of aryl methyl sites for hydroxylation is 1. The number of benzene rings is 1. The number of hydrogen-bond donors (Lipinski definition) is 0. The summed E-state index contributed by atoms with van der Waals surface area (Å²) in [6.07, 6.45) is 2.84. The Morgan fingerprint density at radius 1 is 1.07 bits per heavy atom. The zero-order chi connectivity index (χ0) is 19.3. The monoisotopic (exact) mass is 379 g/mol. The van der Waals surface area contributed by atoms with E-state index in [0.717, 1.165) is 56.1 Å². The molecule has 6 heteroatoms. The molecule has 1 saturated heterocycles. The van der Waals surface area contributed by atoms with Gasteiger partial charge in [-0.3, -0.25) is 4.90 Å². The Morgan fingerprint density at radius 2 is 1.89 bits per heavy atom. The first-order valence-electron chi connectivity index (χ1n) is 9.74. The highest BCUT2D eigenvalue weighted by molar-refractivity contribution is 5.77. The van der Waals surface area contributed by atoms with E-state index in [-0.39, 0.29) is 5.63 Å². The molecule has 6 nitrogen and oxygen atoms in total. The van der Waals surface area contributed by atoms with Crippen molar-refractivity contribution >= 4 is 16.8 Å². The van der Waals surface area contributed by atoms with E-state index in [2.05, 4.69) is 27.8 Å². The molecule has 0 unspecified atom stereocenters. The molecule has 0 amide bonds. The molecule has 1 aliphatic heterocycles. The molecule has 3 aromatic rings. The average molecular weight is 379 g/mol. The summed E-state index contributed by atoms with van der Waals surface area (Å²) >= 11 is 0. The fraction of sp³-hybridized carbons (Fsp3) is 0.364. The van der Waals surface area contributed by atoms with E-state index in [1.807, 2.05) is 24.4 Å². The van der Waals surface area contributed by atoms with Gasteiger partial charge in [-0.1, -0.05) is 0 Å². The summed E-state index contributed by atoms with van der Waals surface area (Å²) in [5.74, 6) is 1.81. The molecule has 1 fully saturated rings. The third-order valence-corrected chi connectivity index (χ3v) is 5.08. The first-order valence-corrected chi connectivity index (χ1v) is 9.74. The molecular formula is C22H25N3O3. The zero-order valence-corrected chi connectivity index (χ0v) is 16.1. The summed E-state index contributed by atoms with van der Waals surface area (Å²) in [4.78, 5) is 20.6. The van der Waals surface area contributed by atoms with Gasteiger partial charge < -0.3 is 14.1 Å². The predicted molar refractivity (Wildman–Crippen MR) is 110 cm³/mol. The predicted octanol–water partition coefficient (Wildman–Crippen LogP) is 3.09. The van der Waals surface area contributed by atoms with Crippen molar-refractivity contribution in [1.82, 2.24) is 9.88 Å². The molecule has 3 heterocycles. The number of fused-ring (bicyclic) bond motifs is 1. The molecule has 1 aliphatic rings. The van der Waals surface area contributed by atoms with Crippen LogP contribution in [0.25, 0.3) is 11.0 Å². The largest absolute Gasteiger partial charge is 0.493 e. The van der Waals surface area contributed by atoms with E-state index >= 15 is 0 Å². The van der Waals surface area contributed by atoms with Crippen LogP contribution in [0.15, 0.2) is 57.9 Å². The highest BCUT2D eigenvalue weighted by atomic mass is 16.5. The third kappa shape index (κ3) is 4.51. The lowest BCUT2D eigenvalue weighted by molar-refractivity contribution is 0.224. The van der Waals surface area contributed by atoms with Gasteiger partial charge in [0, 0.05) is 56.4 Å². The standard InChI is InChI=1S/C22H25N3O3/c1-17-7-8-23-21(15-17)25-12-10-24(11-13-25)9-2-14-27-19-5-3-18-4-6-22(26)28-20(18)16-19/h3-8,15-16H,2,9-14H2,1H3. The van der Waals surface area contributed by atoms with Crippen LogP contribution >= 0.6 is 0 Å². The Bertz CT molecular complexity index is 993. The molecule has 28 heavy (non-hydrogen) atoms. The number of ether oxygens (including phenoxy) is 1. The first-order chi connectivity index (χ1) is 13.7. The summed E-state index contributed by atoms with van der Waals surface area (Å²) in [5, 5.41) is 0.896. The Balaban J connectivity index is 1.21. The number of piperazine rings is 1. The Kier molecular flexibility index (Phi) is 5.58. The van der Waals surface area contributed by atoms with Gasteiger partial charge in [-0.15, -0.1) is 0 Å². The van der Waals surface area contributed by atoms with Crippen LogP contribution in [-0.2, 0) is 0 Å². The highest BCUT2D eigenvalue weighted by Crippen LogP contribution is 2.20. The maximum absolute atomic E-state index is 11.3. The number of hydrogen-bond acceptors (Lipinski definition) is 6. The average Bonchev–Trinajstić information content (AvgIpc) is 2.71. The van der Waals surface area contributed by atoms with Crippen LogP contribution in [0.5, 0.6) is 5.75 Å². The molecule has 0 saturated carbocycles. The molecule has 2 aromatic heterocycles. The van der Waals surface area contributed by atoms with E-state index in [1.165, 1.54) is 11.6 Å². The van der Waals surface area contributed by atoms with Crippen LogP contribution in [0.4, 0.5) is 5.82 Å². The van der Waals surface area contributed by atoms with Crippen LogP contribution in [0, 0.1) is 6.92 Å². The maximum atomic E-state index is 11.3. The Hall–Kier alpha value is -2.86. The van der Waals surface area contributed by atoms with Gasteiger partial charge in [0.2, 0.25) is 0 Å². The fourth-order valence-corrected chi connectivity index (χ4v) is 3.50. The lowest BCUT2D eigenvalue weighted by Gasteiger charge is -2.35. The lowest BCUT2D eigenvalue weighted by Crippen LogP contribution is -2.47. The second-order valence-corrected chi connectivity index (χ2v) is 7.18. The van der Waals surface area contributed by atoms with Crippen molar-refractivity contribution in [2.45, 2.75) is 13.3 Å². The maximum Gasteiger partial charge on any atom is 0.336 e. The zero-order valence-electron chi connectivity index (χ0n) is 16.1. The van der Waals surface area contributed by atoms with E-state index < -0.39 is 0 Å². The summed E-state index contributed by atoms with van der Waals surface area (Å²) in [6.45, 7) is 7.83. The summed E-state index contributed by atoms with van der Waals surface area (Å²) in [5.41, 5.74) is 1.47. The fourth-order valence-electron chi connectivity index (χ4n) is 3.50. The molecule has 0 aliphatic carbocycles. The second kappa shape index (κ2) is 8.44. The smallest absolute Gasteiger partial charge is 0.336 e. The quantitative estimate of drug-likeness (QED) is 0.485. The van der Waals surface area contributed by atoms with E-state index in [9.17, 15) is 4.79 Å². The van der Waals surface area contributed by atoms with Crippen molar-refractivity contribution < 1.29 is 9.15 Å². The molecule has 0 N–H and O–H groups in total. The number of rotatable bonds is 6. The van der Waals surface area contributed by atoms with Crippen molar-refractivity contribution in [1.29, 1.82) is 0 Å². The first kappa shape index (κ1) is 18.5. The number of aromatic nitrogens is 1. The van der Waals surface area contributed by atoms with Crippen LogP contribution in [0.3, 0.4) is 0 Å². The third-order valence-electron chi connectivity index (χ3n) is 5.08. The van der Waals surface area contributed by atoms with Crippen LogP contribution in [0.1, 0.15) is 12.0 Å². The van der Waals surface area contributed by atoms with Crippen LogP contribution in [-0.4, -0.2) is 49.2 Å². The van der Waals surface area contributed by atoms with Gasteiger partial charge in [0.15, 0.2) is 0 Å². The summed E-state index contributed by atoms with van der Waals surface area (Å²) < 4.78 is 11.0. The molecular weight excluding hydrogens is 354 g/mol. The summed E-state index contributed by atoms with van der Waals surface area (Å²) in [7, 11) is 0. The Morgan fingerprint density at radius 3 is 2.71 bits per heavy atom. The molecule has 146 valence electrons. The molecule has 0 spiro atoms. The van der Waals surface area contributed by atoms with Crippen molar-refractivity contribution in [3.8, 4) is 5.75 Å². The van der Waals surface area contributed by atoms with Gasteiger partial charge in [-0.2, -0.15) is 0 Å². The van der Waals surface area contributed by atoms with Crippen molar-refractivity contribution in [2.24, 2.45) is 0 Å². The van der Waals surface area contributed by atoms with Crippen molar-refractivity contribution in [2.75, 3.05) is 44.2 Å². The highest BCUT2D eigenvalue weighted by Gasteiger charge is 2.17. The van der Waals surface area contributed by atoms with Gasteiger partial charge in [-0.05, 0) is 49.2 Å². The SMILES string of the molecule is Cc1ccnc(N2CCN(CCCOc3ccc4ccc(=O)oc4c3)CC2)c1. The van der Waals surface area contributed by atoms with Gasteiger partial charge in [-0.25, -0.2) is 9.78 Å². The molecule has 0 atom stereocenters. The second-order valence-electron chi connectivity index (χ2n) is 7.18. The number of pyridine rings is 1. The molecule has 0 bridgehead atoms. The van der Waals surface area contributed by atoms with E-state index in [0.29, 0.717) is 12.2 Å². The number of nitrogens with zero attached hydrogens (tertiary/aromatic N) is 3. The van der Waals surface area contributed by atoms with Gasteiger partial charge in [0.05, 0.1) is 6.61 Å². The lowest BCUT2D eigenvalue weighted by atomic mass is 10.2. The van der Waals surface area contributed by atoms with Gasteiger partial charge in [0.1, 0.15) is 17.2 Å². The van der Waals surface area contributed by atoms with E-state index in [4.69, 9.17) is 9.15 Å².